The van der Waals surface area contributed by atoms with Crippen molar-refractivity contribution in [2.75, 3.05) is 18.8 Å². The normalized spacial score (nSPS) is 16.6. The van der Waals surface area contributed by atoms with Crippen molar-refractivity contribution < 1.29 is 13.6 Å². The number of aromatic nitrogens is 4. The third-order valence-corrected chi connectivity index (χ3v) is 6.23. The van der Waals surface area contributed by atoms with E-state index in [0.29, 0.717) is 41.8 Å². The van der Waals surface area contributed by atoms with Gasteiger partial charge in [0.2, 0.25) is 0 Å². The minimum Gasteiger partial charge on any atom is -0.454 e. The van der Waals surface area contributed by atoms with Crippen LogP contribution in [0, 0.1) is 13.8 Å². The molecule has 3 aromatic heterocycles. The van der Waals surface area contributed by atoms with Crippen LogP contribution in [0.4, 0.5) is 10.2 Å². The molecule has 170 valence electrons. The SMILES string of the molecule is C=C(F)C(=O)N1CCCC(n2nc3c(=O)[nH]nc(N)c3c2-c2oc3ccc(C)cc3c2C)C1. The van der Waals surface area contributed by atoms with E-state index in [1.807, 2.05) is 32.0 Å². The molecule has 0 radical (unpaired) electrons. The number of likely N-dealkylation sites (tertiary alicyclic amines) is 1. The van der Waals surface area contributed by atoms with E-state index in [1.165, 1.54) is 4.90 Å². The summed E-state index contributed by atoms with van der Waals surface area (Å²) >= 11 is 0. The molecule has 33 heavy (non-hydrogen) atoms. The highest BCUT2D eigenvalue weighted by molar-refractivity contribution is 6.01. The van der Waals surface area contributed by atoms with Crippen molar-refractivity contribution in [3.8, 4) is 11.5 Å². The molecule has 3 N–H and O–H groups in total. The number of nitrogens with two attached hydrogens (primary N) is 1. The molecule has 1 fully saturated rings. The third kappa shape index (κ3) is 3.29. The number of piperidine rings is 1. The Labute approximate surface area is 187 Å². The molecule has 0 spiro atoms. The highest BCUT2D eigenvalue weighted by atomic mass is 19.1. The molecule has 5 rings (SSSR count). The second-order valence-electron chi connectivity index (χ2n) is 8.46. The van der Waals surface area contributed by atoms with Gasteiger partial charge in [-0.1, -0.05) is 18.2 Å². The first-order valence-electron chi connectivity index (χ1n) is 10.7. The number of hydrogen-bond acceptors (Lipinski definition) is 6. The second kappa shape index (κ2) is 7.58. The lowest BCUT2D eigenvalue weighted by atomic mass is 10.0. The van der Waals surface area contributed by atoms with Crippen LogP contribution in [-0.2, 0) is 4.79 Å². The molecule has 4 heterocycles. The Morgan fingerprint density at radius 1 is 1.36 bits per heavy atom. The molecule has 0 bridgehead atoms. The van der Waals surface area contributed by atoms with Gasteiger partial charge in [-0.05, 0) is 38.8 Å². The van der Waals surface area contributed by atoms with Gasteiger partial charge in [-0.3, -0.25) is 14.3 Å². The molecular weight excluding hydrogens is 427 g/mol. The van der Waals surface area contributed by atoms with Gasteiger partial charge < -0.3 is 15.1 Å². The van der Waals surface area contributed by atoms with Crippen LogP contribution >= 0.6 is 0 Å². The topological polar surface area (TPSA) is 123 Å². The maximum Gasteiger partial charge on any atom is 0.292 e. The minimum atomic E-state index is -1.00. The van der Waals surface area contributed by atoms with Crippen molar-refractivity contribution in [2.45, 2.75) is 32.7 Å². The van der Waals surface area contributed by atoms with E-state index in [4.69, 9.17) is 10.2 Å². The van der Waals surface area contributed by atoms with E-state index >= 15 is 0 Å². The van der Waals surface area contributed by atoms with Crippen molar-refractivity contribution in [3.05, 3.63) is 52.1 Å². The summed E-state index contributed by atoms with van der Waals surface area (Å²) in [5, 5.41) is 12.2. The van der Waals surface area contributed by atoms with Gasteiger partial charge >= 0.3 is 0 Å². The van der Waals surface area contributed by atoms with Crippen molar-refractivity contribution in [1.82, 2.24) is 24.9 Å². The maximum atomic E-state index is 13.5. The molecule has 1 aliphatic rings. The maximum absolute atomic E-state index is 13.5. The summed E-state index contributed by atoms with van der Waals surface area (Å²) in [7, 11) is 0. The summed E-state index contributed by atoms with van der Waals surface area (Å²) in [5.74, 6) is -1.11. The van der Waals surface area contributed by atoms with E-state index < -0.39 is 17.3 Å². The Kier molecular flexibility index (Phi) is 4.80. The lowest BCUT2D eigenvalue weighted by Gasteiger charge is -2.33. The van der Waals surface area contributed by atoms with Crippen molar-refractivity contribution in [1.29, 1.82) is 0 Å². The number of carbonyl (C=O) groups is 1. The number of nitrogen functional groups attached to an aromatic ring is 1. The Balaban J connectivity index is 1.75. The van der Waals surface area contributed by atoms with E-state index in [1.54, 1.807) is 4.68 Å². The molecule has 1 aromatic carbocycles. The Morgan fingerprint density at radius 2 is 2.15 bits per heavy atom. The minimum absolute atomic E-state index is 0.114. The zero-order chi connectivity index (χ0) is 23.4. The summed E-state index contributed by atoms with van der Waals surface area (Å²) in [5.41, 5.74) is 9.01. The molecule has 4 aromatic rings. The van der Waals surface area contributed by atoms with E-state index in [9.17, 15) is 14.0 Å². The molecule has 0 saturated carbocycles. The van der Waals surface area contributed by atoms with Gasteiger partial charge in [0.25, 0.3) is 11.5 Å². The number of fused-ring (bicyclic) bond motifs is 2. The third-order valence-electron chi connectivity index (χ3n) is 6.23. The number of benzene rings is 1. The fourth-order valence-electron chi connectivity index (χ4n) is 4.61. The van der Waals surface area contributed by atoms with Gasteiger partial charge in [-0.15, -0.1) is 0 Å². The van der Waals surface area contributed by atoms with Crippen LogP contribution in [0.1, 0.15) is 30.0 Å². The van der Waals surface area contributed by atoms with Crippen LogP contribution in [0.3, 0.4) is 0 Å². The van der Waals surface area contributed by atoms with E-state index in [-0.39, 0.29) is 23.9 Å². The number of H-pyrrole nitrogens is 1. The number of carbonyl (C=O) groups excluding carboxylic acids is 1. The highest BCUT2D eigenvalue weighted by Crippen LogP contribution is 2.40. The fourth-order valence-corrected chi connectivity index (χ4v) is 4.61. The van der Waals surface area contributed by atoms with Crippen LogP contribution in [0.15, 0.2) is 39.8 Å². The highest BCUT2D eigenvalue weighted by Gasteiger charge is 2.32. The molecule has 9 nitrogen and oxygen atoms in total. The monoisotopic (exact) mass is 450 g/mol. The number of furan rings is 1. The molecule has 1 amide bonds. The van der Waals surface area contributed by atoms with Crippen LogP contribution in [-0.4, -0.2) is 43.9 Å². The number of aromatic amines is 1. The summed E-state index contributed by atoms with van der Waals surface area (Å²) in [6.45, 7) is 7.70. The molecule has 1 unspecified atom stereocenters. The van der Waals surface area contributed by atoms with Gasteiger partial charge in [0, 0.05) is 24.0 Å². The number of halogens is 1. The summed E-state index contributed by atoms with van der Waals surface area (Å²) in [6.07, 6.45) is 1.31. The first-order chi connectivity index (χ1) is 15.8. The first kappa shape index (κ1) is 20.9. The van der Waals surface area contributed by atoms with Gasteiger partial charge in [0.1, 0.15) is 11.3 Å². The predicted octanol–water partition coefficient (Wildman–Crippen LogP) is 3.38. The molecule has 10 heteroatoms. The Bertz CT molecular complexity index is 1500. The van der Waals surface area contributed by atoms with Crippen LogP contribution < -0.4 is 11.3 Å². The number of nitrogens with one attached hydrogen (secondary N) is 1. The molecule has 0 aliphatic carbocycles. The lowest BCUT2D eigenvalue weighted by molar-refractivity contribution is -0.130. The molecule has 1 atom stereocenters. The average molecular weight is 450 g/mol. The lowest BCUT2D eigenvalue weighted by Crippen LogP contribution is -2.41. The number of nitrogens with zero attached hydrogens (tertiary/aromatic N) is 4. The van der Waals surface area contributed by atoms with E-state index in [2.05, 4.69) is 21.9 Å². The molecule has 1 aliphatic heterocycles. The van der Waals surface area contributed by atoms with Crippen molar-refractivity contribution in [3.63, 3.8) is 0 Å². The zero-order valence-corrected chi connectivity index (χ0v) is 18.3. The smallest absolute Gasteiger partial charge is 0.292 e. The largest absolute Gasteiger partial charge is 0.454 e. The quantitative estimate of drug-likeness (QED) is 0.461. The average Bonchev–Trinajstić information content (AvgIpc) is 3.35. The fraction of sp³-hybridized carbons (Fsp3) is 0.304. The van der Waals surface area contributed by atoms with Gasteiger partial charge in [0.05, 0.1) is 11.4 Å². The van der Waals surface area contributed by atoms with Gasteiger partial charge in [-0.2, -0.15) is 10.2 Å². The summed E-state index contributed by atoms with van der Waals surface area (Å²) in [4.78, 5) is 26.2. The Hall–Kier alpha value is -3.95. The Morgan fingerprint density at radius 3 is 2.91 bits per heavy atom. The summed E-state index contributed by atoms with van der Waals surface area (Å²) in [6, 6.07) is 5.56. The number of rotatable bonds is 3. The van der Waals surface area contributed by atoms with E-state index in [0.717, 1.165) is 16.5 Å². The van der Waals surface area contributed by atoms with Crippen LogP contribution in [0.25, 0.3) is 33.3 Å². The molecule has 1 saturated heterocycles. The summed E-state index contributed by atoms with van der Waals surface area (Å²) < 4.78 is 21.4. The van der Waals surface area contributed by atoms with Crippen molar-refractivity contribution in [2.24, 2.45) is 0 Å². The first-order valence-corrected chi connectivity index (χ1v) is 10.7. The van der Waals surface area contributed by atoms with Crippen LogP contribution in [0.5, 0.6) is 0 Å². The number of amides is 1. The number of hydrogen-bond donors (Lipinski definition) is 2. The number of anilines is 1. The molecular formula is C23H23FN6O3. The predicted molar refractivity (Wildman–Crippen MR) is 122 cm³/mol. The van der Waals surface area contributed by atoms with Gasteiger partial charge in [0.15, 0.2) is 22.9 Å². The standard InChI is InChI=1S/C23H23FN6O3/c1-11-6-7-16-15(9-11)12(2)20(33-16)19-17-18(22(31)27-26-21(17)25)28-30(19)14-5-4-8-29(10-14)23(32)13(3)24/h6-7,9,14H,3-5,8,10H2,1-2H3,(H2,25,26)(H,27,31). The van der Waals surface area contributed by atoms with Crippen LogP contribution in [0.2, 0.25) is 0 Å². The van der Waals surface area contributed by atoms with Crippen molar-refractivity contribution >= 4 is 33.6 Å². The number of aryl methyl sites for hydroxylation is 2. The second-order valence-corrected chi connectivity index (χ2v) is 8.46. The zero-order valence-electron chi connectivity index (χ0n) is 18.3. The van der Waals surface area contributed by atoms with Gasteiger partial charge in [-0.25, -0.2) is 9.49 Å².